The van der Waals surface area contributed by atoms with E-state index in [0.717, 1.165) is 16.8 Å². The van der Waals surface area contributed by atoms with E-state index in [0.29, 0.717) is 0 Å². The van der Waals surface area contributed by atoms with Crippen LogP contribution in [0.3, 0.4) is 0 Å². The minimum Gasteiger partial charge on any atom is -0.357 e. The summed E-state index contributed by atoms with van der Waals surface area (Å²) in [6.07, 6.45) is 1.46. The Labute approximate surface area is 105 Å². The van der Waals surface area contributed by atoms with Crippen LogP contribution in [0.1, 0.15) is 21.6 Å². The lowest BCUT2D eigenvalue weighted by atomic mass is 10.1. The number of rotatable bonds is 2. The van der Waals surface area contributed by atoms with Crippen LogP contribution in [0.25, 0.3) is 0 Å². The van der Waals surface area contributed by atoms with Crippen molar-refractivity contribution in [3.05, 3.63) is 63.6 Å². The summed E-state index contributed by atoms with van der Waals surface area (Å²) in [5.41, 5.74) is 2.93. The second kappa shape index (κ2) is 4.87. The first-order valence-corrected chi connectivity index (χ1v) is 5.63. The lowest BCUT2D eigenvalue weighted by molar-refractivity contribution is 0.102. The molecule has 92 valence electrons. The molecular weight excluding hydrogens is 228 g/mol. The Morgan fingerprint density at radius 1 is 1.17 bits per heavy atom. The van der Waals surface area contributed by atoms with E-state index >= 15 is 0 Å². The van der Waals surface area contributed by atoms with Gasteiger partial charge in [-0.1, -0.05) is 17.7 Å². The third-order valence-electron chi connectivity index (χ3n) is 2.65. The fourth-order valence-corrected chi connectivity index (χ4v) is 1.72. The van der Waals surface area contributed by atoms with E-state index in [9.17, 15) is 9.59 Å². The molecule has 0 bridgehead atoms. The Balaban J connectivity index is 2.24. The normalized spacial score (nSPS) is 10.1. The smallest absolute Gasteiger partial charge is 0.272 e. The highest BCUT2D eigenvalue weighted by atomic mass is 16.2. The van der Waals surface area contributed by atoms with Crippen LogP contribution in [0, 0.1) is 13.8 Å². The Hall–Kier alpha value is -2.36. The van der Waals surface area contributed by atoms with Crippen molar-refractivity contribution in [2.24, 2.45) is 0 Å². The summed E-state index contributed by atoms with van der Waals surface area (Å²) in [5.74, 6) is -0.320. The van der Waals surface area contributed by atoms with Crippen LogP contribution in [-0.4, -0.2) is 10.9 Å². The number of hydrogen-bond acceptors (Lipinski definition) is 2. The van der Waals surface area contributed by atoms with E-state index < -0.39 is 0 Å². The van der Waals surface area contributed by atoms with Gasteiger partial charge < -0.3 is 10.3 Å². The van der Waals surface area contributed by atoms with Crippen LogP contribution in [0.15, 0.2) is 41.3 Å². The Bertz CT molecular complexity index is 644. The Morgan fingerprint density at radius 3 is 2.61 bits per heavy atom. The highest BCUT2D eigenvalue weighted by Crippen LogP contribution is 2.16. The minimum absolute atomic E-state index is 0.195. The summed E-state index contributed by atoms with van der Waals surface area (Å²) in [6.45, 7) is 3.92. The zero-order chi connectivity index (χ0) is 13.1. The summed E-state index contributed by atoms with van der Waals surface area (Å²) in [6, 6.07) is 8.41. The first-order valence-electron chi connectivity index (χ1n) is 5.63. The maximum atomic E-state index is 11.9. The van der Waals surface area contributed by atoms with Gasteiger partial charge in [0.2, 0.25) is 0 Å². The first-order chi connectivity index (χ1) is 8.56. The molecule has 1 aromatic carbocycles. The van der Waals surface area contributed by atoms with Crippen LogP contribution in [-0.2, 0) is 0 Å². The minimum atomic E-state index is -0.320. The number of benzene rings is 1. The number of pyridine rings is 1. The number of hydrogen-bond donors (Lipinski definition) is 2. The van der Waals surface area contributed by atoms with Gasteiger partial charge in [-0.25, -0.2) is 0 Å². The molecule has 0 radical (unpaired) electrons. The quantitative estimate of drug-likeness (QED) is 0.848. The van der Waals surface area contributed by atoms with Crippen molar-refractivity contribution in [3.8, 4) is 0 Å². The van der Waals surface area contributed by atoms with Gasteiger partial charge in [-0.2, -0.15) is 0 Å². The maximum absolute atomic E-state index is 11.9. The average molecular weight is 242 g/mol. The third-order valence-corrected chi connectivity index (χ3v) is 2.65. The van der Waals surface area contributed by atoms with Crippen molar-refractivity contribution in [2.45, 2.75) is 13.8 Å². The molecule has 0 spiro atoms. The molecule has 2 rings (SSSR count). The largest absolute Gasteiger partial charge is 0.357 e. The molecular formula is C14H14N2O2. The SMILES string of the molecule is Cc1ccc(NC(=O)c2cc(=O)cc[nH]2)c(C)c1. The van der Waals surface area contributed by atoms with Gasteiger partial charge in [-0.05, 0) is 25.5 Å². The summed E-state index contributed by atoms with van der Waals surface area (Å²) < 4.78 is 0. The summed E-state index contributed by atoms with van der Waals surface area (Å²) in [5, 5.41) is 2.77. The number of H-pyrrole nitrogens is 1. The number of anilines is 1. The molecule has 0 aliphatic rings. The molecule has 2 N–H and O–H groups in total. The van der Waals surface area contributed by atoms with Crippen molar-refractivity contribution >= 4 is 11.6 Å². The predicted octanol–water partition coefficient (Wildman–Crippen LogP) is 2.24. The van der Waals surface area contributed by atoms with Crippen molar-refractivity contribution in [1.29, 1.82) is 0 Å². The van der Waals surface area contributed by atoms with Crippen molar-refractivity contribution in [1.82, 2.24) is 4.98 Å². The third kappa shape index (κ3) is 2.66. The zero-order valence-electron chi connectivity index (χ0n) is 10.3. The molecule has 0 unspecified atom stereocenters. The molecule has 4 nitrogen and oxygen atoms in total. The standard InChI is InChI=1S/C14H14N2O2/c1-9-3-4-12(10(2)7-9)16-14(18)13-8-11(17)5-6-15-13/h3-8H,1-2H3,(H,15,17)(H,16,18). The summed E-state index contributed by atoms with van der Waals surface area (Å²) in [7, 11) is 0. The molecule has 1 amide bonds. The Kier molecular flexibility index (Phi) is 3.28. The monoisotopic (exact) mass is 242 g/mol. The number of aryl methyl sites for hydroxylation is 2. The molecule has 4 heteroatoms. The summed E-state index contributed by atoms with van der Waals surface area (Å²) in [4.78, 5) is 25.8. The van der Waals surface area contributed by atoms with Crippen molar-refractivity contribution < 1.29 is 4.79 Å². The van der Waals surface area contributed by atoms with Gasteiger partial charge in [-0.3, -0.25) is 9.59 Å². The number of aromatic amines is 1. The molecule has 1 heterocycles. The van der Waals surface area contributed by atoms with Gasteiger partial charge in [0.15, 0.2) is 5.43 Å². The molecule has 0 atom stereocenters. The van der Waals surface area contributed by atoms with Gasteiger partial charge in [0, 0.05) is 24.0 Å². The fraction of sp³-hybridized carbons (Fsp3) is 0.143. The van der Waals surface area contributed by atoms with Crippen LogP contribution >= 0.6 is 0 Å². The van der Waals surface area contributed by atoms with Crippen LogP contribution in [0.5, 0.6) is 0 Å². The lowest BCUT2D eigenvalue weighted by Gasteiger charge is -2.08. The van der Waals surface area contributed by atoms with Gasteiger partial charge in [0.25, 0.3) is 5.91 Å². The van der Waals surface area contributed by atoms with Gasteiger partial charge in [0.05, 0.1) is 0 Å². The Morgan fingerprint density at radius 2 is 1.94 bits per heavy atom. The predicted molar refractivity (Wildman–Crippen MR) is 70.9 cm³/mol. The van der Waals surface area contributed by atoms with Crippen molar-refractivity contribution in [2.75, 3.05) is 5.32 Å². The van der Waals surface area contributed by atoms with E-state index in [-0.39, 0.29) is 17.0 Å². The van der Waals surface area contributed by atoms with Crippen LogP contribution < -0.4 is 10.7 Å². The number of aromatic nitrogens is 1. The van der Waals surface area contributed by atoms with Crippen molar-refractivity contribution in [3.63, 3.8) is 0 Å². The zero-order valence-corrected chi connectivity index (χ0v) is 10.3. The van der Waals surface area contributed by atoms with Crippen LogP contribution in [0.2, 0.25) is 0 Å². The van der Waals surface area contributed by atoms with Gasteiger partial charge in [0.1, 0.15) is 5.69 Å². The van der Waals surface area contributed by atoms with E-state index in [4.69, 9.17) is 0 Å². The van der Waals surface area contributed by atoms with Gasteiger partial charge >= 0.3 is 0 Å². The molecule has 2 aromatic rings. The topological polar surface area (TPSA) is 62.0 Å². The first kappa shape index (κ1) is 12.1. The van der Waals surface area contributed by atoms with E-state index in [1.165, 1.54) is 18.3 Å². The second-order valence-electron chi connectivity index (χ2n) is 4.21. The lowest BCUT2D eigenvalue weighted by Crippen LogP contribution is -2.16. The molecule has 0 saturated carbocycles. The molecule has 0 aliphatic heterocycles. The molecule has 0 fully saturated rings. The number of carbonyl (C=O) groups excluding carboxylic acids is 1. The second-order valence-corrected chi connectivity index (χ2v) is 4.21. The van der Waals surface area contributed by atoms with E-state index in [2.05, 4.69) is 10.3 Å². The van der Waals surface area contributed by atoms with Crippen LogP contribution in [0.4, 0.5) is 5.69 Å². The highest BCUT2D eigenvalue weighted by molar-refractivity contribution is 6.03. The highest BCUT2D eigenvalue weighted by Gasteiger charge is 2.08. The summed E-state index contributed by atoms with van der Waals surface area (Å²) >= 11 is 0. The number of carbonyl (C=O) groups is 1. The van der Waals surface area contributed by atoms with E-state index in [1.807, 2.05) is 32.0 Å². The van der Waals surface area contributed by atoms with Gasteiger partial charge in [-0.15, -0.1) is 0 Å². The molecule has 0 saturated heterocycles. The molecule has 1 aromatic heterocycles. The fourth-order valence-electron chi connectivity index (χ4n) is 1.72. The number of nitrogens with one attached hydrogen (secondary N) is 2. The van der Waals surface area contributed by atoms with E-state index in [1.54, 1.807) is 0 Å². The molecule has 18 heavy (non-hydrogen) atoms. The maximum Gasteiger partial charge on any atom is 0.272 e. The molecule has 0 aliphatic carbocycles. The number of amides is 1. The average Bonchev–Trinajstić information content (AvgIpc) is 2.32.